The van der Waals surface area contributed by atoms with E-state index in [1.54, 1.807) is 19.3 Å². The van der Waals surface area contributed by atoms with Crippen molar-refractivity contribution in [2.24, 2.45) is 7.05 Å². The molecule has 0 saturated carbocycles. The summed E-state index contributed by atoms with van der Waals surface area (Å²) in [6, 6.07) is 5.46. The Hall–Kier alpha value is -1.91. The van der Waals surface area contributed by atoms with Crippen molar-refractivity contribution in [3.05, 3.63) is 34.9 Å². The predicted molar refractivity (Wildman–Crippen MR) is 47.1 cm³/mol. The number of nitrogens with zero attached hydrogens (tertiary/aromatic N) is 3. The van der Waals surface area contributed by atoms with Crippen LogP contribution in [0.2, 0.25) is 0 Å². The first-order chi connectivity index (χ1) is 6.29. The molecular formula is C8H8N4O. The van der Waals surface area contributed by atoms with E-state index in [4.69, 9.17) is 0 Å². The Labute approximate surface area is 74.1 Å². The molecule has 1 N–H and O–H groups in total. The minimum atomic E-state index is -0.236. The first kappa shape index (κ1) is 7.72. The monoisotopic (exact) mass is 176 g/mol. The highest BCUT2D eigenvalue weighted by Crippen LogP contribution is 2.08. The number of hydrogen-bond donors (Lipinski definition) is 1. The summed E-state index contributed by atoms with van der Waals surface area (Å²) in [5, 5.41) is 6.20. The quantitative estimate of drug-likeness (QED) is 0.673. The van der Waals surface area contributed by atoms with Gasteiger partial charge < -0.3 is 0 Å². The van der Waals surface area contributed by atoms with Gasteiger partial charge in [-0.2, -0.15) is 5.10 Å². The van der Waals surface area contributed by atoms with E-state index in [9.17, 15) is 4.79 Å². The number of nitrogens with one attached hydrogen (secondary N) is 1. The summed E-state index contributed by atoms with van der Waals surface area (Å²) in [6.07, 6.45) is 1.66. The summed E-state index contributed by atoms with van der Waals surface area (Å²) in [5.74, 6) is 0.547. The van der Waals surface area contributed by atoms with Gasteiger partial charge in [-0.1, -0.05) is 6.07 Å². The lowest BCUT2D eigenvalue weighted by molar-refractivity contribution is 0.866. The number of hydrogen-bond acceptors (Lipinski definition) is 3. The number of pyridine rings is 1. The third kappa shape index (κ3) is 1.24. The van der Waals surface area contributed by atoms with Gasteiger partial charge in [0.15, 0.2) is 5.82 Å². The molecule has 2 aromatic rings. The van der Waals surface area contributed by atoms with Crippen molar-refractivity contribution < 1.29 is 0 Å². The van der Waals surface area contributed by atoms with Crippen LogP contribution in [-0.4, -0.2) is 19.7 Å². The second kappa shape index (κ2) is 2.85. The van der Waals surface area contributed by atoms with Crippen LogP contribution in [-0.2, 0) is 7.05 Å². The predicted octanol–water partition coefficient (Wildman–Crippen LogP) is 0.170. The molecule has 0 spiro atoms. The smallest absolute Gasteiger partial charge is 0.277 e. The van der Waals surface area contributed by atoms with Gasteiger partial charge in [0.25, 0.3) is 0 Å². The molecule has 0 fully saturated rings. The van der Waals surface area contributed by atoms with Gasteiger partial charge >= 0.3 is 5.69 Å². The SMILES string of the molecule is Cn1c(-c2ccccn2)n[nH]c1=O. The Balaban J connectivity index is 2.60. The Bertz CT molecular complexity index is 456. The maximum atomic E-state index is 11.0. The van der Waals surface area contributed by atoms with E-state index in [0.29, 0.717) is 11.5 Å². The van der Waals surface area contributed by atoms with Crippen molar-refractivity contribution in [1.82, 2.24) is 19.7 Å². The van der Waals surface area contributed by atoms with Crippen LogP contribution < -0.4 is 5.69 Å². The average Bonchev–Trinajstić information content (AvgIpc) is 2.49. The molecule has 66 valence electrons. The Morgan fingerprint density at radius 1 is 1.46 bits per heavy atom. The first-order valence-electron chi connectivity index (χ1n) is 3.82. The van der Waals surface area contributed by atoms with Crippen molar-refractivity contribution in [2.45, 2.75) is 0 Å². The van der Waals surface area contributed by atoms with Crippen molar-refractivity contribution >= 4 is 0 Å². The fourth-order valence-corrected chi connectivity index (χ4v) is 1.07. The zero-order valence-electron chi connectivity index (χ0n) is 7.06. The molecule has 2 heterocycles. The molecular weight excluding hydrogens is 168 g/mol. The van der Waals surface area contributed by atoms with Crippen LogP contribution in [0.1, 0.15) is 0 Å². The molecule has 0 saturated heterocycles. The summed E-state index contributed by atoms with van der Waals surface area (Å²) in [4.78, 5) is 15.1. The number of H-pyrrole nitrogens is 1. The van der Waals surface area contributed by atoms with Crippen LogP contribution in [0, 0.1) is 0 Å². The van der Waals surface area contributed by atoms with Gasteiger partial charge in [0.2, 0.25) is 0 Å². The van der Waals surface area contributed by atoms with Crippen LogP contribution in [0.15, 0.2) is 29.2 Å². The zero-order chi connectivity index (χ0) is 9.26. The Morgan fingerprint density at radius 2 is 2.31 bits per heavy atom. The molecule has 0 unspecified atom stereocenters. The van der Waals surface area contributed by atoms with Crippen LogP contribution in [0.3, 0.4) is 0 Å². The van der Waals surface area contributed by atoms with Gasteiger partial charge in [-0.3, -0.25) is 9.55 Å². The summed E-state index contributed by atoms with van der Waals surface area (Å²) < 4.78 is 1.42. The normalized spacial score (nSPS) is 10.2. The molecule has 0 aliphatic heterocycles. The summed E-state index contributed by atoms with van der Waals surface area (Å²) >= 11 is 0. The second-order valence-electron chi connectivity index (χ2n) is 2.63. The third-order valence-electron chi connectivity index (χ3n) is 1.77. The first-order valence-corrected chi connectivity index (χ1v) is 3.82. The van der Waals surface area contributed by atoms with Crippen LogP contribution >= 0.6 is 0 Å². The molecule has 2 aromatic heterocycles. The van der Waals surface area contributed by atoms with Crippen LogP contribution in [0.5, 0.6) is 0 Å². The number of rotatable bonds is 1. The minimum absolute atomic E-state index is 0.236. The van der Waals surface area contributed by atoms with E-state index in [2.05, 4.69) is 15.2 Å². The van der Waals surface area contributed by atoms with Gasteiger partial charge in [-0.05, 0) is 12.1 Å². The van der Waals surface area contributed by atoms with Gasteiger partial charge in [0.1, 0.15) is 5.69 Å². The van der Waals surface area contributed by atoms with E-state index in [-0.39, 0.29) is 5.69 Å². The van der Waals surface area contributed by atoms with Crippen molar-refractivity contribution in [2.75, 3.05) is 0 Å². The molecule has 5 nitrogen and oxygen atoms in total. The van der Waals surface area contributed by atoms with E-state index >= 15 is 0 Å². The molecule has 0 radical (unpaired) electrons. The standard InChI is InChI=1S/C8H8N4O/c1-12-7(10-11-8(12)13)6-4-2-3-5-9-6/h2-5H,1H3,(H,11,13). The molecule has 2 rings (SSSR count). The van der Waals surface area contributed by atoms with Gasteiger partial charge in [0.05, 0.1) is 0 Å². The molecule has 0 bridgehead atoms. The third-order valence-corrected chi connectivity index (χ3v) is 1.77. The average molecular weight is 176 g/mol. The fraction of sp³-hybridized carbons (Fsp3) is 0.125. The van der Waals surface area contributed by atoms with E-state index in [1.807, 2.05) is 12.1 Å². The maximum Gasteiger partial charge on any atom is 0.343 e. The molecule has 0 atom stereocenters. The topological polar surface area (TPSA) is 63.6 Å². The van der Waals surface area contributed by atoms with E-state index < -0.39 is 0 Å². The van der Waals surface area contributed by atoms with Crippen LogP contribution in [0.25, 0.3) is 11.5 Å². The van der Waals surface area contributed by atoms with E-state index in [1.165, 1.54) is 4.57 Å². The van der Waals surface area contributed by atoms with Crippen molar-refractivity contribution in [3.8, 4) is 11.5 Å². The number of aromatic amines is 1. The Morgan fingerprint density at radius 3 is 2.85 bits per heavy atom. The summed E-state index contributed by atoms with van der Waals surface area (Å²) in [5.41, 5.74) is 0.448. The highest BCUT2D eigenvalue weighted by molar-refractivity contribution is 5.47. The Kier molecular flexibility index (Phi) is 1.70. The second-order valence-corrected chi connectivity index (χ2v) is 2.63. The molecule has 0 amide bonds. The maximum absolute atomic E-state index is 11.0. The van der Waals surface area contributed by atoms with Crippen molar-refractivity contribution in [1.29, 1.82) is 0 Å². The minimum Gasteiger partial charge on any atom is -0.277 e. The largest absolute Gasteiger partial charge is 0.343 e. The number of aromatic nitrogens is 4. The van der Waals surface area contributed by atoms with E-state index in [0.717, 1.165) is 0 Å². The molecule has 0 aliphatic carbocycles. The molecule has 13 heavy (non-hydrogen) atoms. The van der Waals surface area contributed by atoms with Gasteiger partial charge in [-0.25, -0.2) is 9.89 Å². The van der Waals surface area contributed by atoms with Crippen molar-refractivity contribution in [3.63, 3.8) is 0 Å². The summed E-state index contributed by atoms with van der Waals surface area (Å²) in [7, 11) is 1.65. The lowest BCUT2D eigenvalue weighted by Gasteiger charge is -1.96. The van der Waals surface area contributed by atoms with Crippen LogP contribution in [0.4, 0.5) is 0 Å². The lowest BCUT2D eigenvalue weighted by atomic mass is 10.3. The zero-order valence-corrected chi connectivity index (χ0v) is 7.06. The summed E-state index contributed by atoms with van der Waals surface area (Å²) in [6.45, 7) is 0. The highest BCUT2D eigenvalue weighted by atomic mass is 16.1. The fourth-order valence-electron chi connectivity index (χ4n) is 1.07. The molecule has 5 heteroatoms. The molecule has 0 aromatic carbocycles. The highest BCUT2D eigenvalue weighted by Gasteiger charge is 2.06. The van der Waals surface area contributed by atoms with Gasteiger partial charge in [0, 0.05) is 13.2 Å². The molecule has 0 aliphatic rings. The van der Waals surface area contributed by atoms with Gasteiger partial charge in [-0.15, -0.1) is 0 Å². The lowest BCUT2D eigenvalue weighted by Crippen LogP contribution is -2.13.